The third kappa shape index (κ3) is 2.95. The van der Waals surface area contributed by atoms with E-state index in [1.54, 1.807) is 11.3 Å². The van der Waals surface area contributed by atoms with Crippen molar-refractivity contribution in [1.29, 1.82) is 0 Å². The van der Waals surface area contributed by atoms with Crippen LogP contribution in [0.25, 0.3) is 6.08 Å². The quantitative estimate of drug-likeness (QED) is 0.721. The normalized spacial score (nSPS) is 12.5. The van der Waals surface area contributed by atoms with E-state index in [2.05, 4.69) is 44.1 Å². The smallest absolute Gasteiger partial charge is 0.0901 e. The summed E-state index contributed by atoms with van der Waals surface area (Å²) in [5, 5.41) is 3.27. The van der Waals surface area contributed by atoms with Crippen LogP contribution in [0.4, 0.5) is 0 Å². The van der Waals surface area contributed by atoms with Crippen molar-refractivity contribution < 1.29 is 0 Å². The maximum absolute atomic E-state index is 4.44. The van der Waals surface area contributed by atoms with Gasteiger partial charge in [-0.15, -0.1) is 11.3 Å². The first-order chi connectivity index (χ1) is 6.67. The maximum Gasteiger partial charge on any atom is 0.0901 e. The van der Waals surface area contributed by atoms with Gasteiger partial charge in [-0.1, -0.05) is 19.4 Å². The summed E-state index contributed by atoms with van der Waals surface area (Å²) in [5.74, 6) is 0.719. The van der Waals surface area contributed by atoms with Crippen LogP contribution in [0.2, 0.25) is 0 Å². The van der Waals surface area contributed by atoms with Crippen LogP contribution in [0.3, 0.4) is 0 Å². The fourth-order valence-electron chi connectivity index (χ4n) is 1.73. The number of aryl methyl sites for hydroxylation is 1. The zero-order chi connectivity index (χ0) is 10.6. The standard InChI is InChI=1S/C12H19NS/c1-5-11(6-2)9(3)7-12-8-14-10(4)13-12/h7-8,11H,5-6H2,1-4H3/b9-7+. The van der Waals surface area contributed by atoms with Gasteiger partial charge in [-0.25, -0.2) is 4.98 Å². The molecule has 0 saturated heterocycles. The summed E-state index contributed by atoms with van der Waals surface area (Å²) in [6.07, 6.45) is 4.67. The minimum absolute atomic E-state index is 0.719. The SMILES string of the molecule is CCC(CC)/C(C)=C/c1csc(C)n1. The lowest BCUT2D eigenvalue weighted by atomic mass is 9.94. The Morgan fingerprint density at radius 3 is 2.57 bits per heavy atom. The van der Waals surface area contributed by atoms with Crippen molar-refractivity contribution in [3.8, 4) is 0 Å². The van der Waals surface area contributed by atoms with Gasteiger partial charge in [0.25, 0.3) is 0 Å². The average Bonchev–Trinajstić information content (AvgIpc) is 2.53. The molecule has 0 N–H and O–H groups in total. The highest BCUT2D eigenvalue weighted by Crippen LogP contribution is 2.21. The molecule has 0 aromatic carbocycles. The summed E-state index contributed by atoms with van der Waals surface area (Å²) in [5.41, 5.74) is 2.58. The van der Waals surface area contributed by atoms with Crippen molar-refractivity contribution in [2.45, 2.75) is 40.5 Å². The van der Waals surface area contributed by atoms with Gasteiger partial charge in [-0.05, 0) is 38.7 Å². The highest BCUT2D eigenvalue weighted by molar-refractivity contribution is 7.09. The number of hydrogen-bond acceptors (Lipinski definition) is 2. The van der Waals surface area contributed by atoms with E-state index in [4.69, 9.17) is 0 Å². The summed E-state index contributed by atoms with van der Waals surface area (Å²) in [6.45, 7) is 8.76. The second-order valence-corrected chi connectivity index (χ2v) is 4.76. The zero-order valence-corrected chi connectivity index (χ0v) is 10.3. The Hall–Kier alpha value is -0.630. The third-order valence-corrected chi connectivity index (χ3v) is 3.43. The van der Waals surface area contributed by atoms with Crippen LogP contribution in [-0.2, 0) is 0 Å². The molecule has 78 valence electrons. The summed E-state index contributed by atoms with van der Waals surface area (Å²) in [4.78, 5) is 4.44. The van der Waals surface area contributed by atoms with Crippen LogP contribution >= 0.6 is 11.3 Å². The van der Waals surface area contributed by atoms with Crippen molar-refractivity contribution in [1.82, 2.24) is 4.98 Å². The van der Waals surface area contributed by atoms with Crippen molar-refractivity contribution in [3.63, 3.8) is 0 Å². The van der Waals surface area contributed by atoms with Crippen molar-refractivity contribution >= 4 is 17.4 Å². The predicted molar refractivity (Wildman–Crippen MR) is 64.6 cm³/mol. The molecule has 0 fully saturated rings. The van der Waals surface area contributed by atoms with Crippen LogP contribution < -0.4 is 0 Å². The molecular weight excluding hydrogens is 190 g/mol. The van der Waals surface area contributed by atoms with Gasteiger partial charge in [0.05, 0.1) is 10.7 Å². The second-order valence-electron chi connectivity index (χ2n) is 3.69. The zero-order valence-electron chi connectivity index (χ0n) is 9.50. The van der Waals surface area contributed by atoms with Gasteiger partial charge >= 0.3 is 0 Å². The number of thiazole rings is 1. The fourth-order valence-corrected chi connectivity index (χ4v) is 2.30. The Morgan fingerprint density at radius 2 is 2.14 bits per heavy atom. The average molecular weight is 209 g/mol. The van der Waals surface area contributed by atoms with Crippen LogP contribution in [0.15, 0.2) is 11.0 Å². The molecule has 1 nitrogen and oxygen atoms in total. The first-order valence-electron chi connectivity index (χ1n) is 5.27. The third-order valence-electron chi connectivity index (χ3n) is 2.64. The van der Waals surface area contributed by atoms with E-state index in [-0.39, 0.29) is 0 Å². The first-order valence-corrected chi connectivity index (χ1v) is 6.15. The van der Waals surface area contributed by atoms with Gasteiger partial charge in [0.2, 0.25) is 0 Å². The van der Waals surface area contributed by atoms with E-state index in [1.165, 1.54) is 18.4 Å². The lowest BCUT2D eigenvalue weighted by Gasteiger charge is -2.12. The van der Waals surface area contributed by atoms with Crippen LogP contribution in [0, 0.1) is 12.8 Å². The Morgan fingerprint density at radius 1 is 1.50 bits per heavy atom. The molecule has 0 amide bonds. The van der Waals surface area contributed by atoms with Crippen LogP contribution in [0.5, 0.6) is 0 Å². The molecule has 0 unspecified atom stereocenters. The lowest BCUT2D eigenvalue weighted by molar-refractivity contribution is 0.575. The minimum atomic E-state index is 0.719. The summed E-state index contributed by atoms with van der Waals surface area (Å²) >= 11 is 1.72. The predicted octanol–water partition coefficient (Wildman–Crippen LogP) is 4.29. The molecule has 0 spiro atoms. The van der Waals surface area contributed by atoms with Crippen molar-refractivity contribution in [2.75, 3.05) is 0 Å². The van der Waals surface area contributed by atoms with E-state index in [0.29, 0.717) is 0 Å². The van der Waals surface area contributed by atoms with Crippen LogP contribution in [0.1, 0.15) is 44.3 Å². The fraction of sp³-hybridized carbons (Fsp3) is 0.583. The molecule has 0 saturated carbocycles. The van der Waals surface area contributed by atoms with E-state index in [0.717, 1.165) is 16.6 Å². The molecule has 14 heavy (non-hydrogen) atoms. The molecule has 0 bridgehead atoms. The molecule has 0 aliphatic carbocycles. The molecule has 1 rings (SSSR count). The number of allylic oxidation sites excluding steroid dienone is 1. The molecule has 2 heteroatoms. The molecule has 0 aliphatic rings. The Kier molecular flexibility index (Phi) is 4.33. The van der Waals surface area contributed by atoms with Gasteiger partial charge in [0, 0.05) is 5.38 Å². The van der Waals surface area contributed by atoms with Gasteiger partial charge in [0.15, 0.2) is 0 Å². The topological polar surface area (TPSA) is 12.9 Å². The summed E-state index contributed by atoms with van der Waals surface area (Å²) < 4.78 is 0. The first kappa shape index (κ1) is 11.4. The molecule has 0 atom stereocenters. The number of hydrogen-bond donors (Lipinski definition) is 0. The van der Waals surface area contributed by atoms with E-state index >= 15 is 0 Å². The highest BCUT2D eigenvalue weighted by Gasteiger charge is 2.05. The number of nitrogens with zero attached hydrogens (tertiary/aromatic N) is 1. The number of rotatable bonds is 4. The molecule has 1 heterocycles. The largest absolute Gasteiger partial charge is 0.242 e. The highest BCUT2D eigenvalue weighted by atomic mass is 32.1. The van der Waals surface area contributed by atoms with E-state index < -0.39 is 0 Å². The Balaban J connectivity index is 2.76. The molecule has 1 aromatic heterocycles. The van der Waals surface area contributed by atoms with Gasteiger partial charge in [0.1, 0.15) is 0 Å². The maximum atomic E-state index is 4.44. The summed E-state index contributed by atoms with van der Waals surface area (Å²) in [6, 6.07) is 0. The van der Waals surface area contributed by atoms with Gasteiger partial charge in [-0.2, -0.15) is 0 Å². The molecule has 0 radical (unpaired) electrons. The van der Waals surface area contributed by atoms with E-state index in [9.17, 15) is 0 Å². The monoisotopic (exact) mass is 209 g/mol. The summed E-state index contributed by atoms with van der Waals surface area (Å²) in [7, 11) is 0. The second kappa shape index (κ2) is 5.30. The van der Waals surface area contributed by atoms with Crippen molar-refractivity contribution in [3.05, 3.63) is 21.7 Å². The number of aromatic nitrogens is 1. The molecular formula is C12H19NS. The molecule has 1 aromatic rings. The molecule has 0 aliphatic heterocycles. The van der Waals surface area contributed by atoms with Crippen LogP contribution in [-0.4, -0.2) is 4.98 Å². The van der Waals surface area contributed by atoms with E-state index in [1.807, 2.05) is 0 Å². The minimum Gasteiger partial charge on any atom is -0.242 e. The Bertz CT molecular complexity index is 308. The Labute approximate surface area is 90.9 Å². The van der Waals surface area contributed by atoms with Gasteiger partial charge in [-0.3, -0.25) is 0 Å². The van der Waals surface area contributed by atoms with Gasteiger partial charge < -0.3 is 0 Å². The van der Waals surface area contributed by atoms with Crippen molar-refractivity contribution in [2.24, 2.45) is 5.92 Å². The lowest BCUT2D eigenvalue weighted by Crippen LogP contribution is -1.97.